The van der Waals surface area contributed by atoms with Gasteiger partial charge in [-0.15, -0.1) is 0 Å². The average Bonchev–Trinajstić information content (AvgIpc) is 3.87. The number of amides is 1. The third kappa shape index (κ3) is 11.4. The van der Waals surface area contributed by atoms with Gasteiger partial charge in [-0.05, 0) is 86.6 Å². The molecule has 5 heterocycles. The van der Waals surface area contributed by atoms with Crippen LogP contribution in [-0.4, -0.2) is 120 Å². The van der Waals surface area contributed by atoms with Crippen LogP contribution in [-0.2, 0) is 52.6 Å². The number of nitrogens with one attached hydrogen (secondary N) is 2. The number of fused-ring (bicyclic) bond motifs is 8. The number of carbonyl (C=O) groups excluding carboxylic acids is 1. The van der Waals surface area contributed by atoms with Crippen molar-refractivity contribution in [2.24, 2.45) is 0 Å². The van der Waals surface area contributed by atoms with Crippen molar-refractivity contribution in [2.75, 3.05) is 67.0 Å². The number of H-pyrrole nitrogens is 2. The quantitative estimate of drug-likeness (QED) is 0.112. The van der Waals surface area contributed by atoms with Crippen LogP contribution < -0.4 is 0 Å². The summed E-state index contributed by atoms with van der Waals surface area (Å²) >= 11 is 0. The molecule has 2 aliphatic heterocycles. The summed E-state index contributed by atoms with van der Waals surface area (Å²) in [4.78, 5) is 55.0. The summed E-state index contributed by atoms with van der Waals surface area (Å²) in [6, 6.07) is 6.16. The van der Waals surface area contributed by atoms with Crippen LogP contribution in [0.25, 0.3) is 33.2 Å². The van der Waals surface area contributed by atoms with Gasteiger partial charge in [-0.25, -0.2) is 9.78 Å². The number of carboxylic acid groups (broad SMARTS) is 2. The monoisotopic (exact) mass is 789 g/mol. The molecule has 1 atom stereocenters. The Morgan fingerprint density at radius 2 is 1.35 bits per heavy atom. The summed E-state index contributed by atoms with van der Waals surface area (Å²) in [7, 11) is 3.36. The first kappa shape index (κ1) is 44.8. The number of nitrogens with zero attached hydrogens (tertiary/aromatic N) is 3. The minimum absolute atomic E-state index is 0.0479. The van der Waals surface area contributed by atoms with E-state index in [1.165, 1.54) is 0 Å². The van der Waals surface area contributed by atoms with Crippen molar-refractivity contribution in [3.63, 3.8) is 0 Å². The van der Waals surface area contributed by atoms with Gasteiger partial charge >= 0.3 is 11.9 Å². The van der Waals surface area contributed by atoms with Gasteiger partial charge in [0.2, 0.25) is 5.91 Å². The number of hydrogen-bond acceptors (Lipinski definition) is 9. The Bertz CT molecular complexity index is 2120. The van der Waals surface area contributed by atoms with Gasteiger partial charge in [0.05, 0.1) is 69.6 Å². The lowest BCUT2D eigenvalue weighted by molar-refractivity contribution is -0.136. The molecule has 0 saturated heterocycles. The van der Waals surface area contributed by atoms with Gasteiger partial charge in [0.1, 0.15) is 0 Å². The average molecular weight is 790 g/mol. The second kappa shape index (κ2) is 21.0. The molecule has 14 nitrogen and oxygen atoms in total. The number of methoxy groups -OCH3 is 1. The van der Waals surface area contributed by atoms with Gasteiger partial charge in [0.15, 0.2) is 0 Å². The minimum Gasteiger partial charge on any atom is -0.481 e. The molecule has 0 spiro atoms. The van der Waals surface area contributed by atoms with Gasteiger partial charge in [0, 0.05) is 72.1 Å². The Morgan fingerprint density at radius 1 is 0.789 bits per heavy atom. The SMILES string of the molecule is CCC(=O)O.CCc1c(C)c2cc3[nH]c(cc4nc(c(CC(=O)N(C)CCOCCOCCOCCOC)c5nc(cc1[nH]2)C(C)=C5C(=O)O)CC4C)c(C)c3C. The molecule has 310 valence electrons. The Morgan fingerprint density at radius 3 is 1.93 bits per heavy atom. The van der Waals surface area contributed by atoms with Crippen molar-refractivity contribution >= 4 is 51.1 Å². The number of carboxylic acids is 2. The van der Waals surface area contributed by atoms with E-state index in [9.17, 15) is 19.5 Å². The fraction of sp³-hybridized carbons (Fsp3) is 0.512. The van der Waals surface area contributed by atoms with E-state index in [4.69, 9.17) is 34.0 Å². The molecule has 4 N–H and O–H groups in total. The molecule has 0 radical (unpaired) electrons. The molecular weight excluding hydrogens is 730 g/mol. The Kier molecular flexibility index (Phi) is 16.5. The normalized spacial score (nSPS) is 13.7. The molecule has 0 aliphatic carbocycles. The van der Waals surface area contributed by atoms with Crippen molar-refractivity contribution in [1.82, 2.24) is 24.8 Å². The first-order valence-electron chi connectivity index (χ1n) is 19.6. The fourth-order valence-electron chi connectivity index (χ4n) is 6.73. The third-order valence-corrected chi connectivity index (χ3v) is 10.5. The van der Waals surface area contributed by atoms with Gasteiger partial charge in [-0.1, -0.05) is 20.8 Å². The highest BCUT2D eigenvalue weighted by molar-refractivity contribution is 6.24. The smallest absolute Gasteiger partial charge is 0.338 e. The van der Waals surface area contributed by atoms with Gasteiger partial charge in [-0.3, -0.25) is 14.6 Å². The summed E-state index contributed by atoms with van der Waals surface area (Å²) in [5.41, 5.74) is 12.0. The molecule has 3 aromatic rings. The van der Waals surface area contributed by atoms with E-state index in [0.717, 1.165) is 56.4 Å². The maximum atomic E-state index is 13.8. The molecule has 57 heavy (non-hydrogen) atoms. The molecule has 8 bridgehead atoms. The van der Waals surface area contributed by atoms with E-state index in [-0.39, 0.29) is 30.2 Å². The van der Waals surface area contributed by atoms with Crippen molar-refractivity contribution in [3.8, 4) is 0 Å². The number of aromatic nitrogens is 4. The van der Waals surface area contributed by atoms with E-state index >= 15 is 0 Å². The third-order valence-electron chi connectivity index (χ3n) is 10.5. The maximum Gasteiger partial charge on any atom is 0.338 e. The van der Waals surface area contributed by atoms with Gasteiger partial charge in [0.25, 0.3) is 0 Å². The maximum absolute atomic E-state index is 13.8. The lowest BCUT2D eigenvalue weighted by Gasteiger charge is -2.18. The van der Waals surface area contributed by atoms with Crippen molar-refractivity contribution in [2.45, 2.75) is 80.1 Å². The Hall–Kier alpha value is -4.89. The summed E-state index contributed by atoms with van der Waals surface area (Å²) < 4.78 is 21.6. The van der Waals surface area contributed by atoms with Gasteiger partial charge < -0.3 is 44.0 Å². The first-order chi connectivity index (χ1) is 27.2. The zero-order valence-corrected chi connectivity index (χ0v) is 34.9. The van der Waals surface area contributed by atoms with Gasteiger partial charge in [-0.2, -0.15) is 0 Å². The molecule has 1 unspecified atom stereocenters. The highest BCUT2D eigenvalue weighted by Crippen LogP contribution is 2.36. The Labute approximate surface area is 334 Å². The predicted molar refractivity (Wildman–Crippen MR) is 220 cm³/mol. The lowest BCUT2D eigenvalue weighted by atomic mass is 9.96. The standard InChI is InChI=1S/C40H53N5O7.C3H6O2/c1-9-28-26(5)33-21-32-25(4)24(3)31(42-32)20-30-23(2)18-35(41-30)29(39-38(40(47)48)27(6)34(44-39)22-36(28)43-33)19-37(46)45(7)10-11-50-14-15-52-17-16-51-13-12-49-8;1-2-3(4)5/h20-23,42-43H,9-19H2,1-8H3,(H,47,48);2H2,1H3,(H,4,5). The van der Waals surface area contributed by atoms with Crippen LogP contribution in [0.4, 0.5) is 0 Å². The first-order valence-corrected chi connectivity index (χ1v) is 19.6. The minimum atomic E-state index is -1.09. The summed E-state index contributed by atoms with van der Waals surface area (Å²) in [6.07, 6.45) is 1.51. The highest BCUT2D eigenvalue weighted by Gasteiger charge is 2.30. The number of carbonyl (C=O) groups is 3. The van der Waals surface area contributed by atoms with Crippen LogP contribution in [0.1, 0.15) is 90.6 Å². The van der Waals surface area contributed by atoms with E-state index in [2.05, 4.69) is 56.7 Å². The van der Waals surface area contributed by atoms with Crippen LogP contribution >= 0.6 is 0 Å². The molecule has 0 fully saturated rings. The zero-order chi connectivity index (χ0) is 41.8. The second-order valence-corrected chi connectivity index (χ2v) is 14.3. The van der Waals surface area contributed by atoms with Crippen LogP contribution in [0.2, 0.25) is 0 Å². The number of rotatable bonds is 17. The number of aliphatic carboxylic acids is 2. The van der Waals surface area contributed by atoms with E-state index in [0.29, 0.717) is 87.4 Å². The fourth-order valence-corrected chi connectivity index (χ4v) is 6.73. The molecular formula is C43H59N5O9. The zero-order valence-electron chi connectivity index (χ0n) is 34.9. The number of likely N-dealkylation sites (N-methyl/N-ethyl adjacent to an activating group) is 1. The van der Waals surface area contributed by atoms with Crippen LogP contribution in [0, 0.1) is 20.8 Å². The topological polar surface area (TPSA) is 189 Å². The van der Waals surface area contributed by atoms with Crippen LogP contribution in [0.5, 0.6) is 0 Å². The molecule has 14 heteroatoms. The van der Waals surface area contributed by atoms with Crippen molar-refractivity contribution in [1.29, 1.82) is 0 Å². The lowest BCUT2D eigenvalue weighted by Crippen LogP contribution is -2.32. The molecule has 1 amide bonds. The summed E-state index contributed by atoms with van der Waals surface area (Å²) in [5, 5.41) is 18.3. The second-order valence-electron chi connectivity index (χ2n) is 14.3. The van der Waals surface area contributed by atoms with E-state index in [1.54, 1.807) is 32.9 Å². The van der Waals surface area contributed by atoms with Crippen LogP contribution in [0.3, 0.4) is 0 Å². The van der Waals surface area contributed by atoms with E-state index < -0.39 is 11.9 Å². The number of aromatic amines is 2. The Balaban J connectivity index is 0.00000135. The molecule has 0 aromatic carbocycles. The van der Waals surface area contributed by atoms with Crippen LogP contribution in [0.15, 0.2) is 18.2 Å². The van der Waals surface area contributed by atoms with Crippen molar-refractivity contribution < 1.29 is 43.5 Å². The largest absolute Gasteiger partial charge is 0.481 e. The summed E-state index contributed by atoms with van der Waals surface area (Å²) in [5.74, 6) is -1.97. The number of allylic oxidation sites excluding steroid dienone is 1. The number of ether oxygens (including phenoxy) is 4. The predicted octanol–water partition coefficient (Wildman–Crippen LogP) is 6.34. The van der Waals surface area contributed by atoms with E-state index in [1.807, 2.05) is 6.07 Å². The number of hydrogen-bond donors (Lipinski definition) is 4. The molecule has 3 aromatic heterocycles. The molecule has 0 saturated carbocycles. The van der Waals surface area contributed by atoms with Crippen molar-refractivity contribution in [3.05, 3.63) is 68.8 Å². The summed E-state index contributed by atoms with van der Waals surface area (Å²) in [6.45, 7) is 17.4. The number of aryl methyl sites for hydroxylation is 4. The molecule has 2 aliphatic rings. The molecule has 5 rings (SSSR count). The highest BCUT2D eigenvalue weighted by atomic mass is 16.6.